The van der Waals surface area contributed by atoms with Gasteiger partial charge in [0.2, 0.25) is 0 Å². The molecule has 3 rings (SSSR count). The van der Waals surface area contributed by atoms with Crippen LogP contribution in [0.3, 0.4) is 0 Å². The third-order valence-electron chi connectivity index (χ3n) is 4.59. The third kappa shape index (κ3) is 4.51. The summed E-state index contributed by atoms with van der Waals surface area (Å²) in [5, 5.41) is 10.7. The summed E-state index contributed by atoms with van der Waals surface area (Å²) < 4.78 is 2.29. The van der Waals surface area contributed by atoms with Crippen LogP contribution in [0.5, 0.6) is 0 Å². The second kappa shape index (κ2) is 8.20. The predicted octanol–water partition coefficient (Wildman–Crippen LogP) is 5.37. The van der Waals surface area contributed by atoms with Crippen LogP contribution in [0.2, 0.25) is 5.02 Å². The summed E-state index contributed by atoms with van der Waals surface area (Å²) in [6.07, 6.45) is 7.95. The highest BCUT2D eigenvalue weighted by atomic mass is 35.5. The van der Waals surface area contributed by atoms with E-state index in [1.165, 1.54) is 37.7 Å². The van der Waals surface area contributed by atoms with Gasteiger partial charge in [0.15, 0.2) is 5.16 Å². The van der Waals surface area contributed by atoms with Gasteiger partial charge in [-0.1, -0.05) is 67.6 Å². The predicted molar refractivity (Wildman–Crippen MR) is 97.0 cm³/mol. The van der Waals surface area contributed by atoms with Gasteiger partial charge in [-0.15, -0.1) is 10.2 Å². The molecule has 0 N–H and O–H groups in total. The first-order chi connectivity index (χ1) is 11.3. The largest absolute Gasteiger partial charge is 0.306 e. The number of rotatable bonds is 6. The van der Waals surface area contributed by atoms with Crippen LogP contribution in [0, 0.1) is 5.92 Å². The van der Waals surface area contributed by atoms with Gasteiger partial charge in [-0.2, -0.15) is 0 Å². The molecule has 0 saturated heterocycles. The Balaban J connectivity index is 1.64. The molecule has 1 saturated carbocycles. The van der Waals surface area contributed by atoms with Gasteiger partial charge in [-0.25, -0.2) is 0 Å². The van der Waals surface area contributed by atoms with Crippen LogP contribution in [0.4, 0.5) is 0 Å². The van der Waals surface area contributed by atoms with Gasteiger partial charge in [0.25, 0.3) is 0 Å². The molecule has 0 atom stereocenters. The Morgan fingerprint density at radius 3 is 2.57 bits per heavy atom. The van der Waals surface area contributed by atoms with E-state index >= 15 is 0 Å². The van der Waals surface area contributed by atoms with E-state index in [9.17, 15) is 0 Å². The fourth-order valence-electron chi connectivity index (χ4n) is 3.27. The van der Waals surface area contributed by atoms with E-state index in [1.54, 1.807) is 11.8 Å². The summed E-state index contributed by atoms with van der Waals surface area (Å²) >= 11 is 7.70. The number of halogens is 1. The maximum atomic E-state index is 5.94. The highest BCUT2D eigenvalue weighted by Gasteiger charge is 2.18. The van der Waals surface area contributed by atoms with Gasteiger partial charge < -0.3 is 4.57 Å². The number of hydrogen-bond donors (Lipinski definition) is 0. The van der Waals surface area contributed by atoms with Crippen molar-refractivity contribution in [1.82, 2.24) is 14.8 Å². The zero-order chi connectivity index (χ0) is 16.1. The zero-order valence-electron chi connectivity index (χ0n) is 13.7. The first kappa shape index (κ1) is 16.8. The fraction of sp³-hybridized carbons (Fsp3) is 0.556. The van der Waals surface area contributed by atoms with E-state index in [-0.39, 0.29) is 0 Å². The fourth-order valence-corrected chi connectivity index (χ4v) is 4.38. The molecule has 1 aromatic heterocycles. The lowest BCUT2D eigenvalue weighted by atomic mass is 9.87. The molecule has 0 bridgehead atoms. The summed E-state index contributed by atoms with van der Waals surface area (Å²) in [6.45, 7) is 3.12. The summed E-state index contributed by atoms with van der Waals surface area (Å²) in [5.41, 5.74) is 1.26. The Morgan fingerprint density at radius 2 is 1.87 bits per heavy atom. The standard InChI is InChI=1S/C18H24ClN3S/c1-2-22-17(12-14-6-4-3-5-7-14)20-21-18(22)23-13-15-8-10-16(19)11-9-15/h8-11,14H,2-7,12-13H2,1H3. The molecule has 1 aromatic carbocycles. The smallest absolute Gasteiger partial charge is 0.191 e. The van der Waals surface area contributed by atoms with Gasteiger partial charge in [-0.05, 0) is 30.5 Å². The number of benzene rings is 1. The second-order valence-corrected chi connectivity index (χ2v) is 7.65. The van der Waals surface area contributed by atoms with Crippen LogP contribution >= 0.6 is 23.4 Å². The van der Waals surface area contributed by atoms with Crippen LogP contribution in [0.15, 0.2) is 29.4 Å². The maximum absolute atomic E-state index is 5.94. The summed E-state index contributed by atoms with van der Waals surface area (Å²) in [4.78, 5) is 0. The van der Waals surface area contributed by atoms with Gasteiger partial charge >= 0.3 is 0 Å². The minimum absolute atomic E-state index is 0.783. The average molecular weight is 350 g/mol. The summed E-state index contributed by atoms with van der Waals surface area (Å²) in [5.74, 6) is 2.86. The highest BCUT2D eigenvalue weighted by Crippen LogP contribution is 2.28. The van der Waals surface area contributed by atoms with Crippen LogP contribution in [0.25, 0.3) is 0 Å². The first-order valence-electron chi connectivity index (χ1n) is 8.55. The highest BCUT2D eigenvalue weighted by molar-refractivity contribution is 7.98. The van der Waals surface area contributed by atoms with Crippen molar-refractivity contribution in [3.63, 3.8) is 0 Å². The summed E-state index contributed by atoms with van der Waals surface area (Å²) in [6, 6.07) is 8.03. The molecule has 1 aliphatic rings. The molecule has 0 radical (unpaired) electrons. The average Bonchev–Trinajstić information content (AvgIpc) is 2.97. The normalized spacial score (nSPS) is 15.9. The van der Waals surface area contributed by atoms with Crippen molar-refractivity contribution in [2.45, 2.75) is 62.9 Å². The SMILES string of the molecule is CCn1c(CC2CCCCC2)nnc1SCc1ccc(Cl)cc1. The quantitative estimate of drug-likeness (QED) is 0.657. The van der Waals surface area contributed by atoms with Crippen molar-refractivity contribution in [1.29, 1.82) is 0 Å². The number of hydrogen-bond acceptors (Lipinski definition) is 3. The van der Waals surface area contributed by atoms with E-state index in [2.05, 4.69) is 33.8 Å². The Labute approximate surface area is 147 Å². The zero-order valence-corrected chi connectivity index (χ0v) is 15.2. The lowest BCUT2D eigenvalue weighted by Gasteiger charge is -2.21. The van der Waals surface area contributed by atoms with Crippen molar-refractivity contribution in [3.05, 3.63) is 40.7 Å². The Morgan fingerprint density at radius 1 is 1.13 bits per heavy atom. The molecule has 0 spiro atoms. The number of aromatic nitrogens is 3. The van der Waals surface area contributed by atoms with Crippen molar-refractivity contribution < 1.29 is 0 Å². The van der Waals surface area contributed by atoms with Crippen LogP contribution in [0.1, 0.15) is 50.4 Å². The van der Waals surface area contributed by atoms with Gasteiger partial charge in [0, 0.05) is 23.7 Å². The lowest BCUT2D eigenvalue weighted by Crippen LogP contribution is -2.13. The van der Waals surface area contributed by atoms with Crippen molar-refractivity contribution >= 4 is 23.4 Å². The van der Waals surface area contributed by atoms with Crippen molar-refractivity contribution in [3.8, 4) is 0 Å². The number of thioether (sulfide) groups is 1. The third-order valence-corrected chi connectivity index (χ3v) is 5.88. The van der Waals surface area contributed by atoms with Crippen LogP contribution in [-0.2, 0) is 18.7 Å². The van der Waals surface area contributed by atoms with E-state index in [4.69, 9.17) is 11.6 Å². The molecule has 0 unspecified atom stereocenters. The Hall–Kier alpha value is -1.00. The monoisotopic (exact) mass is 349 g/mol. The van der Waals surface area contributed by atoms with Gasteiger partial charge in [0.05, 0.1) is 0 Å². The molecule has 0 amide bonds. The minimum Gasteiger partial charge on any atom is -0.306 e. The molecular weight excluding hydrogens is 326 g/mol. The summed E-state index contributed by atoms with van der Waals surface area (Å²) in [7, 11) is 0. The Kier molecular flexibility index (Phi) is 6.01. The van der Waals surface area contributed by atoms with E-state index in [1.807, 2.05) is 12.1 Å². The molecule has 1 heterocycles. The molecule has 1 aliphatic carbocycles. The van der Waals surface area contributed by atoms with E-state index in [0.29, 0.717) is 0 Å². The van der Waals surface area contributed by atoms with E-state index in [0.717, 1.165) is 40.6 Å². The maximum Gasteiger partial charge on any atom is 0.191 e. The number of nitrogens with zero attached hydrogens (tertiary/aromatic N) is 3. The molecule has 1 fully saturated rings. The Bertz CT molecular complexity index is 618. The van der Waals surface area contributed by atoms with Crippen LogP contribution in [-0.4, -0.2) is 14.8 Å². The molecule has 23 heavy (non-hydrogen) atoms. The van der Waals surface area contributed by atoms with Gasteiger partial charge in [-0.3, -0.25) is 0 Å². The molecule has 0 aliphatic heterocycles. The van der Waals surface area contributed by atoms with Crippen LogP contribution < -0.4 is 0 Å². The second-order valence-electron chi connectivity index (χ2n) is 6.27. The molecule has 5 heteroatoms. The van der Waals surface area contributed by atoms with E-state index < -0.39 is 0 Å². The molecule has 2 aromatic rings. The van der Waals surface area contributed by atoms with Gasteiger partial charge in [0.1, 0.15) is 5.82 Å². The van der Waals surface area contributed by atoms with Crippen molar-refractivity contribution in [2.24, 2.45) is 5.92 Å². The molecule has 124 valence electrons. The first-order valence-corrected chi connectivity index (χ1v) is 9.92. The lowest BCUT2D eigenvalue weighted by molar-refractivity contribution is 0.347. The van der Waals surface area contributed by atoms with Crippen molar-refractivity contribution in [2.75, 3.05) is 0 Å². The minimum atomic E-state index is 0.783. The molecule has 3 nitrogen and oxygen atoms in total. The topological polar surface area (TPSA) is 30.7 Å². The molecular formula is C18H24ClN3S.